The van der Waals surface area contributed by atoms with E-state index in [1.165, 1.54) is 11.3 Å². The fourth-order valence-corrected chi connectivity index (χ4v) is 4.77. The van der Waals surface area contributed by atoms with Crippen LogP contribution in [0.1, 0.15) is 52.1 Å². The topological polar surface area (TPSA) is 80.5 Å². The molecule has 2 heterocycles. The fraction of sp³-hybridized carbons (Fsp3) is 0.778. The summed E-state index contributed by atoms with van der Waals surface area (Å²) < 4.78 is 5.77. The molecule has 2 fully saturated rings. The number of thiazole rings is 1. The monoisotopic (exact) mass is 366 g/mol. The van der Waals surface area contributed by atoms with Gasteiger partial charge in [-0.05, 0) is 33.6 Å². The molecule has 3 rings (SSSR count). The molecular weight excluding hydrogens is 336 g/mol. The molecule has 140 valence electrons. The van der Waals surface area contributed by atoms with Crippen LogP contribution in [0.5, 0.6) is 0 Å². The third-order valence-corrected chi connectivity index (χ3v) is 6.04. The molecule has 7 heteroatoms. The van der Waals surface area contributed by atoms with Crippen molar-refractivity contribution < 1.29 is 9.53 Å². The number of anilines is 1. The summed E-state index contributed by atoms with van der Waals surface area (Å²) >= 11 is 1.49. The molecule has 0 bridgehead atoms. The summed E-state index contributed by atoms with van der Waals surface area (Å²) in [5.41, 5.74) is 6.92. The second-order valence-corrected chi connectivity index (χ2v) is 8.75. The van der Waals surface area contributed by atoms with E-state index in [2.05, 4.69) is 29.0 Å². The molecule has 2 aliphatic rings. The largest absolute Gasteiger partial charge is 0.373 e. The van der Waals surface area contributed by atoms with Crippen LogP contribution in [0.3, 0.4) is 0 Å². The predicted molar refractivity (Wildman–Crippen MR) is 101 cm³/mol. The molecule has 6 nitrogen and oxygen atoms in total. The van der Waals surface area contributed by atoms with E-state index in [0.29, 0.717) is 5.13 Å². The number of nitrogens with zero attached hydrogens (tertiary/aromatic N) is 2. The van der Waals surface area contributed by atoms with Gasteiger partial charge in [-0.3, -0.25) is 9.69 Å². The smallest absolute Gasteiger partial charge is 0.231 e. The summed E-state index contributed by atoms with van der Waals surface area (Å²) in [6.45, 7) is 8.81. The van der Waals surface area contributed by atoms with Crippen molar-refractivity contribution in [2.75, 3.05) is 18.4 Å². The lowest BCUT2D eigenvalue weighted by molar-refractivity contribution is -0.122. The van der Waals surface area contributed by atoms with E-state index < -0.39 is 5.54 Å². The molecule has 1 saturated heterocycles. The average molecular weight is 367 g/mol. The number of hydrogen-bond acceptors (Lipinski definition) is 6. The van der Waals surface area contributed by atoms with Crippen LogP contribution in [-0.4, -0.2) is 46.6 Å². The Morgan fingerprint density at radius 1 is 1.44 bits per heavy atom. The second-order valence-electron chi connectivity index (χ2n) is 7.89. The number of nitrogens with one attached hydrogen (secondary N) is 1. The molecule has 1 saturated carbocycles. The zero-order valence-electron chi connectivity index (χ0n) is 15.5. The quantitative estimate of drug-likeness (QED) is 0.856. The van der Waals surface area contributed by atoms with Crippen LogP contribution in [0.15, 0.2) is 5.38 Å². The maximum absolute atomic E-state index is 12.6. The summed E-state index contributed by atoms with van der Waals surface area (Å²) in [5.74, 6) is -0.117. The highest BCUT2D eigenvalue weighted by atomic mass is 32.1. The zero-order chi connectivity index (χ0) is 18.0. The highest BCUT2D eigenvalue weighted by molar-refractivity contribution is 7.13. The minimum Gasteiger partial charge on any atom is -0.373 e. The molecule has 1 amide bonds. The first-order chi connectivity index (χ1) is 11.8. The van der Waals surface area contributed by atoms with Gasteiger partial charge in [0, 0.05) is 30.6 Å². The maximum atomic E-state index is 12.6. The highest BCUT2D eigenvalue weighted by Gasteiger charge is 2.38. The van der Waals surface area contributed by atoms with Gasteiger partial charge in [0.25, 0.3) is 0 Å². The Morgan fingerprint density at radius 3 is 2.84 bits per heavy atom. The van der Waals surface area contributed by atoms with Gasteiger partial charge in [0.15, 0.2) is 5.13 Å². The molecule has 25 heavy (non-hydrogen) atoms. The minimum atomic E-state index is -0.414. The van der Waals surface area contributed by atoms with E-state index in [0.717, 1.165) is 51.0 Å². The van der Waals surface area contributed by atoms with E-state index in [-0.39, 0.29) is 24.0 Å². The Bertz CT molecular complexity index is 594. The Labute approximate surface area is 154 Å². The fourth-order valence-electron chi connectivity index (χ4n) is 4.06. The van der Waals surface area contributed by atoms with Crippen LogP contribution in [0, 0.1) is 5.92 Å². The van der Waals surface area contributed by atoms with Crippen LogP contribution in [0.2, 0.25) is 0 Å². The number of aromatic nitrogens is 1. The lowest BCUT2D eigenvalue weighted by atomic mass is 9.74. The molecule has 1 aliphatic carbocycles. The van der Waals surface area contributed by atoms with Gasteiger partial charge in [0.05, 0.1) is 23.8 Å². The van der Waals surface area contributed by atoms with E-state index in [9.17, 15) is 4.79 Å². The lowest BCUT2D eigenvalue weighted by Gasteiger charge is -2.37. The molecular formula is C18H30N4O2S. The summed E-state index contributed by atoms with van der Waals surface area (Å²) in [7, 11) is 0. The van der Waals surface area contributed by atoms with Gasteiger partial charge in [0.2, 0.25) is 5.91 Å². The van der Waals surface area contributed by atoms with Crippen LogP contribution in [0.25, 0.3) is 0 Å². The third kappa shape index (κ3) is 4.78. The van der Waals surface area contributed by atoms with Gasteiger partial charge in [-0.15, -0.1) is 11.3 Å². The lowest BCUT2D eigenvalue weighted by Crippen LogP contribution is -2.51. The second kappa shape index (κ2) is 7.70. The van der Waals surface area contributed by atoms with Gasteiger partial charge in [0.1, 0.15) is 0 Å². The SMILES string of the molecule is CC1CN(Cc2csc(NC(=O)C3CCCCC3(C)N)n2)CC(C)O1. The maximum Gasteiger partial charge on any atom is 0.231 e. The number of morpholine rings is 1. The van der Waals surface area contributed by atoms with Crippen molar-refractivity contribution in [1.29, 1.82) is 0 Å². The van der Waals surface area contributed by atoms with E-state index in [4.69, 9.17) is 10.5 Å². The number of nitrogens with two attached hydrogens (primary N) is 1. The van der Waals surface area contributed by atoms with Crippen molar-refractivity contribution in [2.24, 2.45) is 11.7 Å². The van der Waals surface area contributed by atoms with Crippen molar-refractivity contribution in [3.05, 3.63) is 11.1 Å². The van der Waals surface area contributed by atoms with Crippen LogP contribution in [-0.2, 0) is 16.1 Å². The summed E-state index contributed by atoms with van der Waals surface area (Å²) in [6, 6.07) is 0. The first kappa shape index (κ1) is 18.8. The summed E-state index contributed by atoms with van der Waals surface area (Å²) in [5, 5.41) is 5.69. The van der Waals surface area contributed by atoms with Gasteiger partial charge in [-0.25, -0.2) is 4.98 Å². The number of carbonyl (C=O) groups excluding carboxylic acids is 1. The van der Waals surface area contributed by atoms with Crippen molar-refractivity contribution >= 4 is 22.4 Å². The number of hydrogen-bond donors (Lipinski definition) is 2. The van der Waals surface area contributed by atoms with E-state index in [1.807, 2.05) is 12.3 Å². The number of carbonyl (C=O) groups is 1. The first-order valence-electron chi connectivity index (χ1n) is 9.25. The zero-order valence-corrected chi connectivity index (χ0v) is 16.3. The molecule has 1 aliphatic heterocycles. The molecule has 0 spiro atoms. The molecule has 1 aromatic rings. The van der Waals surface area contributed by atoms with Gasteiger partial charge >= 0.3 is 0 Å². The first-order valence-corrected chi connectivity index (χ1v) is 10.1. The molecule has 1 aromatic heterocycles. The van der Waals surface area contributed by atoms with E-state index >= 15 is 0 Å². The minimum absolute atomic E-state index is 0.0132. The highest BCUT2D eigenvalue weighted by Crippen LogP contribution is 2.32. The molecule has 4 atom stereocenters. The van der Waals surface area contributed by atoms with Gasteiger partial charge in [-0.2, -0.15) is 0 Å². The van der Waals surface area contributed by atoms with Crippen molar-refractivity contribution in [3.8, 4) is 0 Å². The Kier molecular flexibility index (Phi) is 5.78. The van der Waals surface area contributed by atoms with Crippen LogP contribution in [0.4, 0.5) is 5.13 Å². The Balaban J connectivity index is 1.57. The predicted octanol–water partition coefficient (Wildman–Crippen LogP) is 2.60. The van der Waals surface area contributed by atoms with E-state index in [1.54, 1.807) is 0 Å². The molecule has 0 aromatic carbocycles. The van der Waals surface area contributed by atoms with Gasteiger partial charge < -0.3 is 15.8 Å². The van der Waals surface area contributed by atoms with Gasteiger partial charge in [-0.1, -0.05) is 12.8 Å². The normalized spacial score (nSPS) is 34.0. The van der Waals surface area contributed by atoms with Crippen molar-refractivity contribution in [3.63, 3.8) is 0 Å². The molecule has 3 N–H and O–H groups in total. The standard InChI is InChI=1S/C18H30N4O2S/c1-12-8-22(9-13(2)24-12)10-14-11-25-17(20-14)21-16(23)15-6-4-5-7-18(15,3)19/h11-13,15H,4-10,19H2,1-3H3,(H,20,21,23). The Morgan fingerprint density at radius 2 is 2.16 bits per heavy atom. The number of rotatable bonds is 4. The molecule has 0 radical (unpaired) electrons. The van der Waals surface area contributed by atoms with Crippen molar-refractivity contribution in [1.82, 2.24) is 9.88 Å². The average Bonchev–Trinajstić information content (AvgIpc) is 2.92. The number of amides is 1. The third-order valence-electron chi connectivity index (χ3n) is 5.23. The summed E-state index contributed by atoms with van der Waals surface area (Å²) in [6.07, 6.45) is 4.43. The summed E-state index contributed by atoms with van der Waals surface area (Å²) in [4.78, 5) is 19.6. The molecule has 4 unspecified atom stereocenters. The number of ether oxygens (including phenoxy) is 1. The van der Waals surface area contributed by atoms with Crippen LogP contribution < -0.4 is 11.1 Å². The van der Waals surface area contributed by atoms with Crippen molar-refractivity contribution in [2.45, 2.75) is 70.7 Å². The van der Waals surface area contributed by atoms with Crippen LogP contribution >= 0.6 is 11.3 Å². The Hall–Kier alpha value is -1.02.